The van der Waals surface area contributed by atoms with Gasteiger partial charge in [0, 0.05) is 11.6 Å². The van der Waals surface area contributed by atoms with Crippen LogP contribution in [-0.4, -0.2) is 23.8 Å². The SMILES string of the molecule is Cc1ccc(C2(NC(=O)CC(C)(O)c3ccc(F)cc3F)CC2)cc1OCC(F)(F)F. The second-order valence-corrected chi connectivity index (χ2v) is 8.09. The molecule has 1 amide bonds. The van der Waals surface area contributed by atoms with E-state index in [4.69, 9.17) is 4.74 Å². The number of benzene rings is 2. The highest BCUT2D eigenvalue weighted by molar-refractivity contribution is 5.79. The lowest BCUT2D eigenvalue weighted by Crippen LogP contribution is -2.39. The normalized spacial score (nSPS) is 17.0. The van der Waals surface area contributed by atoms with Crippen molar-refractivity contribution < 1.29 is 36.6 Å². The summed E-state index contributed by atoms with van der Waals surface area (Å²) in [6.45, 7) is 1.43. The average Bonchev–Trinajstić information content (AvgIpc) is 3.39. The molecule has 1 fully saturated rings. The number of amides is 1. The molecule has 1 saturated carbocycles. The number of nitrogens with one attached hydrogen (secondary N) is 1. The fourth-order valence-corrected chi connectivity index (χ4v) is 3.47. The summed E-state index contributed by atoms with van der Waals surface area (Å²) >= 11 is 0. The highest BCUT2D eigenvalue weighted by atomic mass is 19.4. The Labute approximate surface area is 176 Å². The molecule has 3 rings (SSSR count). The van der Waals surface area contributed by atoms with E-state index in [0.29, 0.717) is 30.0 Å². The molecule has 1 aliphatic carbocycles. The molecular formula is C22H22F5NO3. The lowest BCUT2D eigenvalue weighted by molar-refractivity contribution is -0.153. The number of aryl methyl sites for hydroxylation is 1. The van der Waals surface area contributed by atoms with Crippen LogP contribution in [0.25, 0.3) is 0 Å². The largest absolute Gasteiger partial charge is 0.484 e. The highest BCUT2D eigenvalue weighted by Gasteiger charge is 2.46. The van der Waals surface area contributed by atoms with Crippen LogP contribution >= 0.6 is 0 Å². The molecule has 1 unspecified atom stereocenters. The van der Waals surface area contributed by atoms with Crippen LogP contribution in [0.2, 0.25) is 0 Å². The Morgan fingerprint density at radius 1 is 1.16 bits per heavy atom. The van der Waals surface area contributed by atoms with E-state index in [9.17, 15) is 31.9 Å². The quantitative estimate of drug-likeness (QED) is 0.615. The summed E-state index contributed by atoms with van der Waals surface area (Å²) in [5.41, 5.74) is -1.79. The molecule has 0 radical (unpaired) electrons. The van der Waals surface area contributed by atoms with Crippen molar-refractivity contribution in [3.8, 4) is 5.75 Å². The third-order valence-corrected chi connectivity index (χ3v) is 5.28. The van der Waals surface area contributed by atoms with E-state index < -0.39 is 47.9 Å². The Hall–Kier alpha value is -2.68. The number of rotatable bonds is 7. The summed E-state index contributed by atoms with van der Waals surface area (Å²) in [5, 5.41) is 13.4. The van der Waals surface area contributed by atoms with Crippen molar-refractivity contribution in [1.82, 2.24) is 5.32 Å². The number of alkyl halides is 3. The zero-order chi connectivity index (χ0) is 23.0. The minimum atomic E-state index is -4.48. The van der Waals surface area contributed by atoms with E-state index in [1.165, 1.54) is 13.0 Å². The lowest BCUT2D eigenvalue weighted by Gasteiger charge is -2.26. The topological polar surface area (TPSA) is 58.6 Å². The number of carbonyl (C=O) groups excluding carboxylic acids is 1. The minimum absolute atomic E-state index is 0.0655. The van der Waals surface area contributed by atoms with Crippen molar-refractivity contribution in [3.05, 3.63) is 64.7 Å². The van der Waals surface area contributed by atoms with Gasteiger partial charge in [-0.3, -0.25) is 4.79 Å². The predicted molar refractivity (Wildman–Crippen MR) is 102 cm³/mol. The second-order valence-electron chi connectivity index (χ2n) is 8.09. The van der Waals surface area contributed by atoms with Crippen molar-refractivity contribution in [2.24, 2.45) is 0 Å². The summed E-state index contributed by atoms with van der Waals surface area (Å²) in [4.78, 5) is 12.6. The van der Waals surface area contributed by atoms with Crippen molar-refractivity contribution in [2.45, 2.75) is 50.4 Å². The molecule has 2 aromatic rings. The van der Waals surface area contributed by atoms with Gasteiger partial charge < -0.3 is 15.2 Å². The van der Waals surface area contributed by atoms with Crippen molar-refractivity contribution in [1.29, 1.82) is 0 Å². The van der Waals surface area contributed by atoms with Gasteiger partial charge in [-0.05, 0) is 49.9 Å². The molecule has 4 nitrogen and oxygen atoms in total. The fourth-order valence-electron chi connectivity index (χ4n) is 3.47. The van der Waals surface area contributed by atoms with E-state index >= 15 is 0 Å². The molecule has 0 aliphatic heterocycles. The number of ether oxygens (including phenoxy) is 1. The summed E-state index contributed by atoms with van der Waals surface area (Å²) < 4.78 is 69.5. The molecule has 0 heterocycles. The fraction of sp³-hybridized carbons (Fsp3) is 0.409. The molecule has 0 aromatic heterocycles. The third kappa shape index (κ3) is 5.52. The van der Waals surface area contributed by atoms with Gasteiger partial charge in [-0.1, -0.05) is 18.2 Å². The van der Waals surface area contributed by atoms with Gasteiger partial charge in [0.1, 0.15) is 17.4 Å². The predicted octanol–water partition coefficient (Wildman–Crippen LogP) is 4.62. The minimum Gasteiger partial charge on any atom is -0.484 e. The van der Waals surface area contributed by atoms with Crippen molar-refractivity contribution in [3.63, 3.8) is 0 Å². The number of hydrogen-bond acceptors (Lipinski definition) is 3. The Bertz CT molecular complexity index is 984. The molecule has 9 heteroatoms. The van der Waals surface area contributed by atoms with E-state index in [-0.39, 0.29) is 11.3 Å². The van der Waals surface area contributed by atoms with E-state index in [2.05, 4.69) is 5.32 Å². The van der Waals surface area contributed by atoms with E-state index in [1.807, 2.05) is 0 Å². The van der Waals surface area contributed by atoms with Crippen LogP contribution in [-0.2, 0) is 15.9 Å². The molecule has 0 spiro atoms. The molecular weight excluding hydrogens is 421 g/mol. The molecule has 2 N–H and O–H groups in total. The van der Waals surface area contributed by atoms with Gasteiger partial charge in [0.2, 0.25) is 5.91 Å². The number of aliphatic hydroxyl groups is 1. The van der Waals surface area contributed by atoms with Gasteiger partial charge >= 0.3 is 6.18 Å². The van der Waals surface area contributed by atoms with Crippen LogP contribution in [0.3, 0.4) is 0 Å². The maximum atomic E-state index is 14.0. The Balaban J connectivity index is 1.73. The Kier molecular flexibility index (Phi) is 6.01. The van der Waals surface area contributed by atoms with Crippen LogP contribution in [0.4, 0.5) is 22.0 Å². The van der Waals surface area contributed by atoms with Crippen molar-refractivity contribution in [2.75, 3.05) is 6.61 Å². The van der Waals surface area contributed by atoms with E-state index in [0.717, 1.165) is 12.1 Å². The Morgan fingerprint density at radius 3 is 2.42 bits per heavy atom. The first-order valence-corrected chi connectivity index (χ1v) is 9.61. The molecule has 0 saturated heterocycles. The zero-order valence-corrected chi connectivity index (χ0v) is 16.9. The summed E-state index contributed by atoms with van der Waals surface area (Å²) in [6.07, 6.45) is -3.86. The van der Waals surface area contributed by atoms with Crippen LogP contribution in [0, 0.1) is 18.6 Å². The maximum absolute atomic E-state index is 14.0. The van der Waals surface area contributed by atoms with Crippen LogP contribution in [0.15, 0.2) is 36.4 Å². The lowest BCUT2D eigenvalue weighted by atomic mass is 9.91. The number of hydrogen-bond donors (Lipinski definition) is 2. The van der Waals surface area contributed by atoms with Crippen LogP contribution in [0.1, 0.15) is 42.9 Å². The van der Waals surface area contributed by atoms with Gasteiger partial charge in [0.05, 0.1) is 17.6 Å². The third-order valence-electron chi connectivity index (χ3n) is 5.28. The maximum Gasteiger partial charge on any atom is 0.422 e. The average molecular weight is 443 g/mol. The van der Waals surface area contributed by atoms with Crippen molar-refractivity contribution >= 4 is 5.91 Å². The smallest absolute Gasteiger partial charge is 0.422 e. The second kappa shape index (κ2) is 8.11. The molecule has 0 bridgehead atoms. The highest BCUT2D eigenvalue weighted by Crippen LogP contribution is 2.47. The zero-order valence-electron chi connectivity index (χ0n) is 16.9. The van der Waals surface area contributed by atoms with Crippen LogP contribution in [0.5, 0.6) is 5.75 Å². The number of halogens is 5. The molecule has 1 atom stereocenters. The van der Waals surface area contributed by atoms with Gasteiger partial charge in [0.25, 0.3) is 0 Å². The molecule has 1 aliphatic rings. The first-order valence-electron chi connectivity index (χ1n) is 9.61. The summed E-state index contributed by atoms with van der Waals surface area (Å²) in [7, 11) is 0. The van der Waals surface area contributed by atoms with Crippen LogP contribution < -0.4 is 10.1 Å². The van der Waals surface area contributed by atoms with Gasteiger partial charge in [-0.2, -0.15) is 13.2 Å². The monoisotopic (exact) mass is 443 g/mol. The molecule has 168 valence electrons. The van der Waals surface area contributed by atoms with Gasteiger partial charge in [-0.15, -0.1) is 0 Å². The summed E-state index contributed by atoms with van der Waals surface area (Å²) in [5.74, 6) is -2.29. The number of carbonyl (C=O) groups is 1. The van der Waals surface area contributed by atoms with E-state index in [1.54, 1.807) is 19.1 Å². The van der Waals surface area contributed by atoms with Gasteiger partial charge in [0.15, 0.2) is 6.61 Å². The first-order chi connectivity index (χ1) is 14.3. The molecule has 31 heavy (non-hydrogen) atoms. The molecule has 2 aromatic carbocycles. The standard InChI is InChI=1S/C22H22F5NO3/c1-13-3-4-14(9-18(13)31-12-22(25,26)27)21(7-8-21)28-19(29)11-20(2,30)16-6-5-15(23)10-17(16)24/h3-6,9-10,30H,7-8,11-12H2,1-2H3,(H,28,29). The Morgan fingerprint density at radius 2 is 1.84 bits per heavy atom. The first kappa shape index (κ1) is 23.0. The summed E-state index contributed by atoms with van der Waals surface area (Å²) in [6, 6.07) is 7.46. The van der Waals surface area contributed by atoms with Gasteiger partial charge in [-0.25, -0.2) is 8.78 Å².